The summed E-state index contributed by atoms with van der Waals surface area (Å²) in [6.45, 7) is 3.49. The highest BCUT2D eigenvalue weighted by atomic mass is 19.2. The summed E-state index contributed by atoms with van der Waals surface area (Å²) in [5.74, 6) is -2.44. The largest absolute Gasteiger partial charge is 0.351 e. The summed E-state index contributed by atoms with van der Waals surface area (Å²) in [6, 6.07) is 8.17. The third kappa shape index (κ3) is 3.10. The third-order valence-electron chi connectivity index (χ3n) is 5.41. The van der Waals surface area contributed by atoms with Gasteiger partial charge in [-0.1, -0.05) is 0 Å². The molecule has 2 amide bonds. The van der Waals surface area contributed by atoms with E-state index in [9.17, 15) is 18.4 Å². The van der Waals surface area contributed by atoms with Crippen LogP contribution in [0.15, 0.2) is 36.4 Å². The number of benzene rings is 2. The average Bonchev–Trinajstić information content (AvgIpc) is 2.71. The molecule has 5 nitrogen and oxygen atoms in total. The van der Waals surface area contributed by atoms with E-state index in [1.165, 1.54) is 6.07 Å². The molecule has 1 saturated heterocycles. The Kier molecular flexibility index (Phi) is 4.75. The van der Waals surface area contributed by atoms with Gasteiger partial charge in [0.2, 0.25) is 0 Å². The standard InChI is InChI=1S/C21H21F2N3O2/c1-2-25-18-11-13(20(27)24-14-7-9-16(22)17(23)12-14)6-8-15(18)21(28)26-10-4-3-5-19(25)26/h6-9,11-12,19H,2-5,10H2,1H3,(H,24,27)/t19-/m1/s1. The van der Waals surface area contributed by atoms with Crippen LogP contribution in [0.3, 0.4) is 0 Å². The van der Waals surface area contributed by atoms with E-state index < -0.39 is 17.5 Å². The summed E-state index contributed by atoms with van der Waals surface area (Å²) in [4.78, 5) is 29.6. The predicted octanol–water partition coefficient (Wildman–Crippen LogP) is 4.01. The maximum Gasteiger partial charge on any atom is 0.257 e. The van der Waals surface area contributed by atoms with Crippen LogP contribution in [0.1, 0.15) is 46.9 Å². The zero-order valence-corrected chi connectivity index (χ0v) is 15.5. The Hall–Kier alpha value is -2.96. The van der Waals surface area contributed by atoms with Crippen LogP contribution in [0.4, 0.5) is 20.2 Å². The Labute approximate surface area is 161 Å². The van der Waals surface area contributed by atoms with Crippen LogP contribution in [0, 0.1) is 11.6 Å². The highest BCUT2D eigenvalue weighted by Crippen LogP contribution is 2.35. The van der Waals surface area contributed by atoms with E-state index in [2.05, 4.69) is 10.2 Å². The predicted molar refractivity (Wildman–Crippen MR) is 102 cm³/mol. The molecule has 0 unspecified atom stereocenters. The minimum Gasteiger partial charge on any atom is -0.351 e. The molecule has 0 bridgehead atoms. The Morgan fingerprint density at radius 1 is 1.14 bits per heavy atom. The van der Waals surface area contributed by atoms with E-state index >= 15 is 0 Å². The number of halogens is 2. The van der Waals surface area contributed by atoms with Crippen LogP contribution in [0.25, 0.3) is 0 Å². The summed E-state index contributed by atoms with van der Waals surface area (Å²) < 4.78 is 26.5. The van der Waals surface area contributed by atoms with Crippen molar-refractivity contribution in [3.63, 3.8) is 0 Å². The average molecular weight is 385 g/mol. The minimum atomic E-state index is -1.02. The molecule has 0 aromatic heterocycles. The molecule has 0 saturated carbocycles. The molecule has 1 fully saturated rings. The first-order valence-corrected chi connectivity index (χ1v) is 9.47. The minimum absolute atomic E-state index is 0.00281. The molecule has 7 heteroatoms. The molecule has 4 rings (SSSR count). The fourth-order valence-corrected chi connectivity index (χ4v) is 4.04. The molecule has 2 aromatic rings. The molecule has 2 aliphatic heterocycles. The summed E-state index contributed by atoms with van der Waals surface area (Å²) in [5, 5.41) is 2.57. The molecular formula is C21H21F2N3O2. The highest BCUT2D eigenvalue weighted by Gasteiger charge is 2.38. The molecule has 0 radical (unpaired) electrons. The van der Waals surface area contributed by atoms with Gasteiger partial charge in [0, 0.05) is 30.4 Å². The lowest BCUT2D eigenvalue weighted by Crippen LogP contribution is -2.57. The lowest BCUT2D eigenvalue weighted by Gasteiger charge is -2.47. The molecule has 0 spiro atoms. The van der Waals surface area contributed by atoms with Crippen molar-refractivity contribution in [2.75, 3.05) is 23.3 Å². The summed E-state index contributed by atoms with van der Waals surface area (Å²) >= 11 is 0. The molecular weight excluding hydrogens is 364 g/mol. The van der Waals surface area contributed by atoms with Crippen molar-refractivity contribution in [2.45, 2.75) is 32.4 Å². The first kappa shape index (κ1) is 18.4. The van der Waals surface area contributed by atoms with Gasteiger partial charge in [-0.25, -0.2) is 8.78 Å². The number of hydrogen-bond acceptors (Lipinski definition) is 3. The molecule has 28 heavy (non-hydrogen) atoms. The van der Waals surface area contributed by atoms with Crippen molar-refractivity contribution in [1.29, 1.82) is 0 Å². The second-order valence-electron chi connectivity index (χ2n) is 7.08. The van der Waals surface area contributed by atoms with Crippen LogP contribution in [-0.4, -0.2) is 36.0 Å². The van der Waals surface area contributed by atoms with Crippen molar-refractivity contribution in [3.05, 3.63) is 59.2 Å². The van der Waals surface area contributed by atoms with Crippen molar-refractivity contribution in [3.8, 4) is 0 Å². The van der Waals surface area contributed by atoms with Gasteiger partial charge < -0.3 is 15.1 Å². The van der Waals surface area contributed by atoms with Gasteiger partial charge in [-0.2, -0.15) is 0 Å². The van der Waals surface area contributed by atoms with E-state index in [1.807, 2.05) is 11.8 Å². The topological polar surface area (TPSA) is 52.7 Å². The number of piperidine rings is 1. The van der Waals surface area contributed by atoms with Gasteiger partial charge in [-0.15, -0.1) is 0 Å². The van der Waals surface area contributed by atoms with Crippen LogP contribution < -0.4 is 10.2 Å². The first-order chi connectivity index (χ1) is 13.5. The van der Waals surface area contributed by atoms with Crippen molar-refractivity contribution in [2.24, 2.45) is 0 Å². The molecule has 0 aliphatic carbocycles. The van der Waals surface area contributed by atoms with Gasteiger partial charge in [-0.3, -0.25) is 9.59 Å². The van der Waals surface area contributed by atoms with Crippen molar-refractivity contribution >= 4 is 23.2 Å². The second-order valence-corrected chi connectivity index (χ2v) is 7.08. The van der Waals surface area contributed by atoms with E-state index in [0.717, 1.165) is 50.2 Å². The molecule has 1 N–H and O–H groups in total. The SMILES string of the molecule is CCN1c2cc(C(=O)Nc3ccc(F)c(F)c3)ccc2C(=O)N2CCCC[C@@H]21. The summed E-state index contributed by atoms with van der Waals surface area (Å²) in [5.41, 5.74) is 1.86. The Morgan fingerprint density at radius 2 is 1.96 bits per heavy atom. The van der Waals surface area contributed by atoms with Crippen molar-refractivity contribution in [1.82, 2.24) is 4.90 Å². The van der Waals surface area contributed by atoms with Gasteiger partial charge in [0.25, 0.3) is 11.8 Å². The summed E-state index contributed by atoms with van der Waals surface area (Å²) in [7, 11) is 0. The van der Waals surface area contributed by atoms with Crippen LogP contribution in [0.5, 0.6) is 0 Å². The lowest BCUT2D eigenvalue weighted by atomic mass is 9.97. The molecule has 1 atom stereocenters. The number of nitrogens with zero attached hydrogens (tertiary/aromatic N) is 2. The number of anilines is 2. The van der Waals surface area contributed by atoms with Gasteiger partial charge in [0.1, 0.15) is 6.17 Å². The molecule has 2 aliphatic rings. The van der Waals surface area contributed by atoms with Crippen molar-refractivity contribution < 1.29 is 18.4 Å². The first-order valence-electron chi connectivity index (χ1n) is 9.47. The van der Waals surface area contributed by atoms with E-state index in [-0.39, 0.29) is 17.8 Å². The van der Waals surface area contributed by atoms with Gasteiger partial charge in [0.05, 0.1) is 11.3 Å². The maximum absolute atomic E-state index is 13.4. The van der Waals surface area contributed by atoms with E-state index in [0.29, 0.717) is 11.1 Å². The van der Waals surface area contributed by atoms with Gasteiger partial charge in [0.15, 0.2) is 11.6 Å². The zero-order chi connectivity index (χ0) is 19.8. The fourth-order valence-electron chi connectivity index (χ4n) is 4.04. The normalized spacial score (nSPS) is 18.5. The number of fused-ring (bicyclic) bond motifs is 2. The summed E-state index contributed by atoms with van der Waals surface area (Å²) in [6.07, 6.45) is 2.99. The number of rotatable bonds is 3. The van der Waals surface area contributed by atoms with Crippen LogP contribution in [-0.2, 0) is 0 Å². The number of carbonyl (C=O) groups is 2. The number of hydrogen-bond donors (Lipinski definition) is 1. The van der Waals surface area contributed by atoms with Gasteiger partial charge >= 0.3 is 0 Å². The Bertz CT molecular complexity index is 947. The monoisotopic (exact) mass is 385 g/mol. The van der Waals surface area contributed by atoms with E-state index in [4.69, 9.17) is 0 Å². The number of nitrogens with one attached hydrogen (secondary N) is 1. The smallest absolute Gasteiger partial charge is 0.257 e. The number of amides is 2. The number of carbonyl (C=O) groups excluding carboxylic acids is 2. The van der Waals surface area contributed by atoms with E-state index in [1.54, 1.807) is 18.2 Å². The second kappa shape index (κ2) is 7.22. The zero-order valence-electron chi connectivity index (χ0n) is 15.5. The van der Waals surface area contributed by atoms with Gasteiger partial charge in [-0.05, 0) is 56.5 Å². The quantitative estimate of drug-likeness (QED) is 0.869. The fraction of sp³-hybridized carbons (Fsp3) is 0.333. The molecule has 146 valence electrons. The lowest BCUT2D eigenvalue weighted by molar-refractivity contribution is 0.0582. The Balaban J connectivity index is 1.65. The van der Waals surface area contributed by atoms with Crippen LogP contribution in [0.2, 0.25) is 0 Å². The Morgan fingerprint density at radius 3 is 2.71 bits per heavy atom. The highest BCUT2D eigenvalue weighted by molar-refractivity contribution is 6.08. The van der Waals surface area contributed by atoms with Crippen LogP contribution >= 0.6 is 0 Å². The molecule has 2 heterocycles. The third-order valence-corrected chi connectivity index (χ3v) is 5.41. The molecule has 2 aromatic carbocycles. The maximum atomic E-state index is 13.4.